The van der Waals surface area contributed by atoms with E-state index >= 15 is 0 Å². The molecule has 2 aromatic rings. The molecule has 1 aromatic carbocycles. The number of carbonyl (C=O) groups is 1. The smallest absolute Gasteiger partial charge is 0.239 e. The highest BCUT2D eigenvalue weighted by atomic mass is 32.2. The molecule has 1 N–H and O–H groups in total. The van der Waals surface area contributed by atoms with Gasteiger partial charge in [-0.25, -0.2) is 8.42 Å². The number of carbonyl (C=O) groups excluding carboxylic acids is 1. The van der Waals surface area contributed by atoms with Crippen LogP contribution in [0, 0.1) is 17.2 Å². The molecule has 1 unspecified atom stereocenters. The first-order valence-electron chi connectivity index (χ1n) is 6.95. The van der Waals surface area contributed by atoms with Gasteiger partial charge in [-0.2, -0.15) is 5.26 Å². The normalized spacial score (nSPS) is 12.3. The summed E-state index contributed by atoms with van der Waals surface area (Å²) in [5, 5.41) is 10.6. The molecule has 7 heteroatoms. The number of nitriles is 1. The molecule has 0 radical (unpaired) electrons. The molecule has 1 heterocycles. The summed E-state index contributed by atoms with van der Waals surface area (Å²) in [4.78, 5) is 13.1. The monoisotopic (exact) mass is 348 g/mol. The summed E-state index contributed by atoms with van der Waals surface area (Å²) in [6.07, 6.45) is 0.510. The lowest BCUT2D eigenvalue weighted by molar-refractivity contribution is -0.122. The zero-order valence-electron chi connectivity index (χ0n) is 12.5. The number of benzene rings is 1. The Hall–Kier alpha value is -2.17. The maximum absolute atomic E-state index is 12.1. The summed E-state index contributed by atoms with van der Waals surface area (Å²) >= 11 is 1.54. The molecule has 1 amide bonds. The minimum atomic E-state index is -3.76. The fourth-order valence-electron chi connectivity index (χ4n) is 2.01. The standard InChI is InChI=1S/C16H16N2O3S2/c1-12(9-15-3-2-8-22-15)16(19)18-23(20,21)11-14-6-4-13(10-17)5-7-14/h2-8,12H,9,11H2,1H3,(H,18,19). The van der Waals surface area contributed by atoms with Crippen molar-refractivity contribution < 1.29 is 13.2 Å². The van der Waals surface area contributed by atoms with E-state index in [0.29, 0.717) is 17.5 Å². The summed E-state index contributed by atoms with van der Waals surface area (Å²) in [6.45, 7) is 1.70. The van der Waals surface area contributed by atoms with Gasteiger partial charge in [0.2, 0.25) is 15.9 Å². The molecular weight excluding hydrogens is 332 g/mol. The van der Waals surface area contributed by atoms with Crippen molar-refractivity contribution in [1.29, 1.82) is 5.26 Å². The number of nitrogens with one attached hydrogen (secondary N) is 1. The second kappa shape index (κ2) is 7.40. The molecule has 0 saturated heterocycles. The summed E-state index contributed by atoms with van der Waals surface area (Å²) < 4.78 is 26.3. The van der Waals surface area contributed by atoms with Gasteiger partial charge in [-0.3, -0.25) is 9.52 Å². The molecule has 5 nitrogen and oxygen atoms in total. The number of nitrogens with zero attached hydrogens (tertiary/aromatic N) is 1. The van der Waals surface area contributed by atoms with Gasteiger partial charge in [0.1, 0.15) is 0 Å². The maximum Gasteiger partial charge on any atom is 0.239 e. The van der Waals surface area contributed by atoms with Crippen LogP contribution in [0.3, 0.4) is 0 Å². The van der Waals surface area contributed by atoms with Crippen molar-refractivity contribution in [2.75, 3.05) is 0 Å². The van der Waals surface area contributed by atoms with Crippen molar-refractivity contribution >= 4 is 27.3 Å². The zero-order valence-corrected chi connectivity index (χ0v) is 14.2. The van der Waals surface area contributed by atoms with Crippen LogP contribution in [0.25, 0.3) is 0 Å². The zero-order chi connectivity index (χ0) is 16.9. The number of amides is 1. The van der Waals surface area contributed by atoms with Crippen molar-refractivity contribution in [2.45, 2.75) is 19.1 Å². The third-order valence-corrected chi connectivity index (χ3v) is 5.36. The van der Waals surface area contributed by atoms with Gasteiger partial charge < -0.3 is 0 Å². The quantitative estimate of drug-likeness (QED) is 0.868. The molecule has 23 heavy (non-hydrogen) atoms. The molecule has 1 aromatic heterocycles. The molecule has 0 aliphatic carbocycles. The molecule has 0 aliphatic rings. The molecule has 1 atom stereocenters. The van der Waals surface area contributed by atoms with E-state index < -0.39 is 21.8 Å². The average molecular weight is 348 g/mol. The van der Waals surface area contributed by atoms with Crippen LogP contribution in [-0.2, 0) is 27.0 Å². The van der Waals surface area contributed by atoms with E-state index in [1.54, 1.807) is 31.2 Å². The lowest BCUT2D eigenvalue weighted by Crippen LogP contribution is -2.36. The van der Waals surface area contributed by atoms with Gasteiger partial charge in [0, 0.05) is 10.8 Å². The van der Waals surface area contributed by atoms with Crippen molar-refractivity contribution in [3.05, 3.63) is 57.8 Å². The molecule has 0 aliphatic heterocycles. The average Bonchev–Trinajstić information content (AvgIpc) is 3.00. The minimum Gasteiger partial charge on any atom is -0.274 e. The lowest BCUT2D eigenvalue weighted by Gasteiger charge is -2.12. The molecule has 2 rings (SSSR count). The first-order valence-corrected chi connectivity index (χ1v) is 9.48. The Labute approximate surface area is 139 Å². The SMILES string of the molecule is CC(Cc1cccs1)C(=O)NS(=O)(=O)Cc1ccc(C#N)cc1. The Balaban J connectivity index is 1.96. The second-order valence-electron chi connectivity index (χ2n) is 5.22. The van der Waals surface area contributed by atoms with Crippen LogP contribution in [0.2, 0.25) is 0 Å². The first-order chi connectivity index (χ1) is 10.9. The second-order valence-corrected chi connectivity index (χ2v) is 7.97. The predicted octanol–water partition coefficient (Wildman–Crippen LogP) is 2.44. The predicted molar refractivity (Wildman–Crippen MR) is 89.1 cm³/mol. The van der Waals surface area contributed by atoms with Gasteiger partial charge >= 0.3 is 0 Å². The van der Waals surface area contributed by atoms with Crippen molar-refractivity contribution in [3.8, 4) is 6.07 Å². The van der Waals surface area contributed by atoms with E-state index in [1.807, 2.05) is 23.6 Å². The third kappa shape index (κ3) is 5.20. The summed E-state index contributed by atoms with van der Waals surface area (Å²) in [7, 11) is -3.76. The lowest BCUT2D eigenvalue weighted by atomic mass is 10.1. The van der Waals surface area contributed by atoms with E-state index in [1.165, 1.54) is 11.3 Å². The fourth-order valence-corrected chi connectivity index (χ4v) is 4.05. The van der Waals surface area contributed by atoms with Crippen LogP contribution in [-0.4, -0.2) is 14.3 Å². The first kappa shape index (κ1) is 17.2. The van der Waals surface area contributed by atoms with Gasteiger partial charge in [0.25, 0.3) is 0 Å². The number of hydrogen-bond donors (Lipinski definition) is 1. The number of rotatable bonds is 6. The third-order valence-electron chi connectivity index (χ3n) is 3.23. The highest BCUT2D eigenvalue weighted by molar-refractivity contribution is 7.89. The van der Waals surface area contributed by atoms with E-state index in [9.17, 15) is 13.2 Å². The van der Waals surface area contributed by atoms with E-state index in [0.717, 1.165) is 4.88 Å². The van der Waals surface area contributed by atoms with Crippen molar-refractivity contribution in [1.82, 2.24) is 4.72 Å². The fraction of sp³-hybridized carbons (Fsp3) is 0.250. The highest BCUT2D eigenvalue weighted by Crippen LogP contribution is 2.15. The molecular formula is C16H16N2O3S2. The summed E-state index contributed by atoms with van der Waals surface area (Å²) in [5.74, 6) is -1.23. The van der Waals surface area contributed by atoms with Crippen LogP contribution in [0.5, 0.6) is 0 Å². The van der Waals surface area contributed by atoms with Crippen LogP contribution in [0.4, 0.5) is 0 Å². The Morgan fingerprint density at radius 3 is 2.57 bits per heavy atom. The van der Waals surface area contributed by atoms with E-state index in [-0.39, 0.29) is 5.75 Å². The van der Waals surface area contributed by atoms with Gasteiger partial charge in [-0.05, 0) is 35.6 Å². The number of sulfonamides is 1. The van der Waals surface area contributed by atoms with E-state index in [2.05, 4.69) is 4.72 Å². The van der Waals surface area contributed by atoms with Crippen LogP contribution >= 0.6 is 11.3 Å². The summed E-state index contributed by atoms with van der Waals surface area (Å²) in [5.41, 5.74) is 0.981. The van der Waals surface area contributed by atoms with Gasteiger partial charge in [0.05, 0.1) is 17.4 Å². The van der Waals surface area contributed by atoms with Crippen molar-refractivity contribution in [2.24, 2.45) is 5.92 Å². The van der Waals surface area contributed by atoms with Gasteiger partial charge in [-0.1, -0.05) is 25.1 Å². The Morgan fingerprint density at radius 1 is 1.30 bits per heavy atom. The van der Waals surface area contributed by atoms with Gasteiger partial charge in [0.15, 0.2) is 0 Å². The van der Waals surface area contributed by atoms with Crippen LogP contribution in [0.1, 0.15) is 22.9 Å². The van der Waals surface area contributed by atoms with Crippen molar-refractivity contribution in [3.63, 3.8) is 0 Å². The topological polar surface area (TPSA) is 87.0 Å². The highest BCUT2D eigenvalue weighted by Gasteiger charge is 2.20. The largest absolute Gasteiger partial charge is 0.274 e. The Kier molecular flexibility index (Phi) is 5.53. The van der Waals surface area contributed by atoms with E-state index in [4.69, 9.17) is 5.26 Å². The van der Waals surface area contributed by atoms with Crippen LogP contribution < -0.4 is 4.72 Å². The maximum atomic E-state index is 12.1. The minimum absolute atomic E-state index is 0.295. The molecule has 0 fully saturated rings. The summed E-state index contributed by atoms with van der Waals surface area (Å²) in [6, 6.07) is 12.0. The Bertz CT molecular complexity index is 804. The number of thiophene rings is 1. The molecule has 120 valence electrons. The van der Waals surface area contributed by atoms with Crippen LogP contribution in [0.15, 0.2) is 41.8 Å². The van der Waals surface area contributed by atoms with Gasteiger partial charge in [-0.15, -0.1) is 11.3 Å². The molecule has 0 saturated carbocycles. The number of hydrogen-bond acceptors (Lipinski definition) is 5. The molecule has 0 spiro atoms. The Morgan fingerprint density at radius 2 is 2.00 bits per heavy atom. The molecule has 0 bridgehead atoms.